The lowest BCUT2D eigenvalue weighted by atomic mass is 9.85. The van der Waals surface area contributed by atoms with E-state index in [1.807, 2.05) is 18.7 Å². The van der Waals surface area contributed by atoms with Crippen LogP contribution in [0.25, 0.3) is 0 Å². The van der Waals surface area contributed by atoms with Crippen molar-refractivity contribution in [3.63, 3.8) is 0 Å². The lowest BCUT2D eigenvalue weighted by Crippen LogP contribution is -2.59. The van der Waals surface area contributed by atoms with Gasteiger partial charge in [0.2, 0.25) is 0 Å². The van der Waals surface area contributed by atoms with Gasteiger partial charge in [-0.15, -0.1) is 0 Å². The Labute approximate surface area is 193 Å². The molecule has 8 heteroatoms. The molecule has 1 heterocycles. The first-order valence-electron chi connectivity index (χ1n) is 11.9. The van der Waals surface area contributed by atoms with Crippen LogP contribution in [0.3, 0.4) is 0 Å². The molecule has 0 aliphatic carbocycles. The fourth-order valence-electron chi connectivity index (χ4n) is 4.84. The Balaban J connectivity index is 3.24. The third-order valence-corrected chi connectivity index (χ3v) is 6.80. The first-order valence-corrected chi connectivity index (χ1v) is 11.9. The van der Waals surface area contributed by atoms with Gasteiger partial charge in [0.1, 0.15) is 17.8 Å². The zero-order valence-electron chi connectivity index (χ0n) is 20.9. The van der Waals surface area contributed by atoms with Crippen LogP contribution in [-0.4, -0.2) is 82.3 Å². The van der Waals surface area contributed by atoms with Gasteiger partial charge in [0.25, 0.3) is 0 Å². The van der Waals surface area contributed by atoms with Crippen molar-refractivity contribution < 1.29 is 34.4 Å². The third-order valence-electron chi connectivity index (χ3n) is 6.80. The van der Waals surface area contributed by atoms with Crippen molar-refractivity contribution >= 4 is 11.9 Å². The number of carbonyl (C=O) groups excluding carboxylic acids is 2. The van der Waals surface area contributed by atoms with E-state index >= 15 is 0 Å². The van der Waals surface area contributed by atoms with E-state index in [0.717, 1.165) is 0 Å². The average molecular weight is 460 g/mol. The van der Waals surface area contributed by atoms with Crippen molar-refractivity contribution in [2.45, 2.75) is 104 Å². The van der Waals surface area contributed by atoms with E-state index < -0.39 is 35.9 Å². The summed E-state index contributed by atoms with van der Waals surface area (Å²) in [5.41, 5.74) is -1.68. The van der Waals surface area contributed by atoms with Gasteiger partial charge in [-0.2, -0.15) is 0 Å². The predicted molar refractivity (Wildman–Crippen MR) is 122 cm³/mol. The molecule has 0 amide bonds. The minimum Gasteiger partial charge on any atom is -0.469 e. The van der Waals surface area contributed by atoms with Crippen LogP contribution in [0.1, 0.15) is 73.6 Å². The second-order valence-corrected chi connectivity index (χ2v) is 10.0. The molecule has 1 rings (SSSR count). The van der Waals surface area contributed by atoms with Crippen LogP contribution in [0, 0.1) is 17.8 Å². The van der Waals surface area contributed by atoms with Crippen LogP contribution < -0.4 is 0 Å². The highest BCUT2D eigenvalue weighted by molar-refractivity contribution is 5.72. The van der Waals surface area contributed by atoms with E-state index in [9.17, 15) is 24.9 Å². The summed E-state index contributed by atoms with van der Waals surface area (Å²) in [6, 6.07) is -0.525. The molecule has 3 N–H and O–H groups in total. The summed E-state index contributed by atoms with van der Waals surface area (Å²) in [6.45, 7) is 11.8. The topological polar surface area (TPSA) is 117 Å². The smallest absolute Gasteiger partial charge is 0.309 e. The Morgan fingerprint density at radius 2 is 1.75 bits per heavy atom. The molecule has 0 bridgehead atoms. The number of hydrogen-bond donors (Lipinski definition) is 3. The molecule has 0 spiro atoms. The Kier molecular flexibility index (Phi) is 11.6. The van der Waals surface area contributed by atoms with E-state index in [2.05, 4.69) is 0 Å². The Morgan fingerprint density at radius 1 is 1.16 bits per heavy atom. The van der Waals surface area contributed by atoms with Gasteiger partial charge in [0.05, 0.1) is 25.6 Å². The van der Waals surface area contributed by atoms with E-state index in [4.69, 9.17) is 9.47 Å². The highest BCUT2D eigenvalue weighted by atomic mass is 16.6. The van der Waals surface area contributed by atoms with Crippen molar-refractivity contribution in [2.24, 2.45) is 17.8 Å². The number of nitrogens with zero attached hydrogens (tertiary/aromatic N) is 1. The molecule has 188 valence electrons. The van der Waals surface area contributed by atoms with Gasteiger partial charge in [-0.25, -0.2) is 0 Å². The molecule has 1 aliphatic rings. The summed E-state index contributed by atoms with van der Waals surface area (Å²) in [5.74, 6) is -0.924. The average Bonchev–Trinajstić information content (AvgIpc) is 2.71. The van der Waals surface area contributed by atoms with Crippen LogP contribution in [0.2, 0.25) is 0 Å². The summed E-state index contributed by atoms with van der Waals surface area (Å²) in [7, 11) is 1.33. The maximum absolute atomic E-state index is 12.7. The van der Waals surface area contributed by atoms with Gasteiger partial charge in [0, 0.05) is 19.1 Å². The molecule has 32 heavy (non-hydrogen) atoms. The maximum Gasteiger partial charge on any atom is 0.309 e. The normalized spacial score (nSPS) is 38.9. The van der Waals surface area contributed by atoms with Crippen LogP contribution in [-0.2, 0) is 19.1 Å². The third kappa shape index (κ3) is 8.28. The van der Waals surface area contributed by atoms with Gasteiger partial charge >= 0.3 is 11.9 Å². The molecule has 0 aromatic heterocycles. The SMILES string of the molecule is CC[C@H]1OC(=O)[C@H](C)CC(C)C[C@H](O)C[C@@H](C)CN(CCC(=O)OC)[C@H](C)[C@@H](O)[C@]1(C)O. The Bertz CT molecular complexity index is 597. The van der Waals surface area contributed by atoms with E-state index in [1.54, 1.807) is 20.8 Å². The van der Waals surface area contributed by atoms with Crippen LogP contribution >= 0.6 is 0 Å². The first-order chi connectivity index (χ1) is 14.8. The van der Waals surface area contributed by atoms with E-state index in [-0.39, 0.29) is 30.1 Å². The fraction of sp³-hybridized carbons (Fsp3) is 0.917. The Hall–Kier alpha value is -1.22. The lowest BCUT2D eigenvalue weighted by Gasteiger charge is -2.42. The van der Waals surface area contributed by atoms with Crippen LogP contribution in [0.15, 0.2) is 0 Å². The van der Waals surface area contributed by atoms with E-state index in [1.165, 1.54) is 14.0 Å². The molecular weight excluding hydrogens is 414 g/mol. The summed E-state index contributed by atoms with van der Waals surface area (Å²) in [5, 5.41) is 33.0. The van der Waals surface area contributed by atoms with Gasteiger partial charge < -0.3 is 24.8 Å². The number of rotatable bonds is 4. The second-order valence-electron chi connectivity index (χ2n) is 10.0. The predicted octanol–water partition coefficient (Wildman–Crippen LogP) is 2.13. The fourth-order valence-corrected chi connectivity index (χ4v) is 4.84. The van der Waals surface area contributed by atoms with Gasteiger partial charge in [-0.3, -0.25) is 14.5 Å². The number of hydrogen-bond acceptors (Lipinski definition) is 8. The van der Waals surface area contributed by atoms with Crippen LogP contribution in [0.4, 0.5) is 0 Å². The molecule has 8 nitrogen and oxygen atoms in total. The molecule has 0 aromatic rings. The molecule has 1 unspecified atom stereocenters. The van der Waals surface area contributed by atoms with Gasteiger partial charge in [0.15, 0.2) is 0 Å². The quantitative estimate of drug-likeness (QED) is 0.548. The standard InChI is InChI=1S/C24H45NO7/c1-8-20-24(6,30)22(28)18(5)25(10-9-21(27)31-7)14-16(3)13-19(26)12-15(2)11-17(4)23(29)32-20/h15-20,22,26,28,30H,8-14H2,1-7H3/t15?,16-,17-,18-,19+,20-,22-,24-/m1/s1. The highest BCUT2D eigenvalue weighted by Crippen LogP contribution is 2.29. The number of aliphatic hydroxyl groups excluding tert-OH is 2. The maximum atomic E-state index is 12.7. The molecule has 0 saturated carbocycles. The summed E-state index contributed by atoms with van der Waals surface area (Å²) < 4.78 is 10.4. The van der Waals surface area contributed by atoms with E-state index in [0.29, 0.717) is 38.8 Å². The minimum atomic E-state index is -1.68. The number of cyclic esters (lactones) is 1. The van der Waals surface area contributed by atoms with Crippen molar-refractivity contribution in [1.82, 2.24) is 4.90 Å². The summed E-state index contributed by atoms with van der Waals surface area (Å²) in [6.07, 6.45) is -0.398. The van der Waals surface area contributed by atoms with Crippen molar-refractivity contribution in [1.29, 1.82) is 0 Å². The number of aliphatic hydroxyl groups is 3. The van der Waals surface area contributed by atoms with Crippen molar-refractivity contribution in [3.05, 3.63) is 0 Å². The Morgan fingerprint density at radius 3 is 2.31 bits per heavy atom. The number of carbonyl (C=O) groups is 2. The van der Waals surface area contributed by atoms with Crippen molar-refractivity contribution in [2.75, 3.05) is 20.2 Å². The molecule has 1 aliphatic heterocycles. The lowest BCUT2D eigenvalue weighted by molar-refractivity contribution is -0.190. The molecular formula is C24H45NO7. The highest BCUT2D eigenvalue weighted by Gasteiger charge is 2.45. The number of methoxy groups -OCH3 is 1. The summed E-state index contributed by atoms with van der Waals surface area (Å²) >= 11 is 0. The molecule has 0 aromatic carbocycles. The largest absolute Gasteiger partial charge is 0.469 e. The molecule has 1 fully saturated rings. The first kappa shape index (κ1) is 28.8. The summed E-state index contributed by atoms with van der Waals surface area (Å²) in [4.78, 5) is 26.4. The minimum absolute atomic E-state index is 0.0943. The molecule has 0 radical (unpaired) electrons. The molecule has 1 saturated heterocycles. The van der Waals surface area contributed by atoms with Crippen molar-refractivity contribution in [3.8, 4) is 0 Å². The zero-order valence-corrected chi connectivity index (χ0v) is 20.9. The second kappa shape index (κ2) is 12.9. The van der Waals surface area contributed by atoms with Gasteiger partial charge in [-0.1, -0.05) is 27.7 Å². The molecule has 8 atom stereocenters. The monoisotopic (exact) mass is 459 g/mol. The van der Waals surface area contributed by atoms with Crippen LogP contribution in [0.5, 0.6) is 0 Å². The van der Waals surface area contributed by atoms with Gasteiger partial charge in [-0.05, 0) is 51.4 Å². The zero-order chi connectivity index (χ0) is 24.6. The number of ether oxygens (including phenoxy) is 2. The number of esters is 2.